The molecule has 0 saturated carbocycles. The van der Waals surface area contributed by atoms with Gasteiger partial charge in [0.05, 0.1) is 0 Å². The summed E-state index contributed by atoms with van der Waals surface area (Å²) in [5, 5.41) is 3.93. The summed E-state index contributed by atoms with van der Waals surface area (Å²) in [4.78, 5) is 17.0. The zero-order chi connectivity index (χ0) is 18.8. The van der Waals surface area contributed by atoms with Crippen molar-refractivity contribution in [3.63, 3.8) is 0 Å². The van der Waals surface area contributed by atoms with Crippen molar-refractivity contribution in [1.82, 2.24) is 4.98 Å². The molecular weight excluding hydrogens is 404 g/mol. The number of furan rings is 1. The third-order valence-electron chi connectivity index (χ3n) is 4.49. The highest BCUT2D eigenvalue weighted by atomic mass is 79.9. The lowest BCUT2D eigenvalue weighted by Crippen LogP contribution is -2.13. The molecule has 5 heteroatoms. The van der Waals surface area contributed by atoms with E-state index in [2.05, 4.69) is 26.2 Å². The highest BCUT2D eigenvalue weighted by Crippen LogP contribution is 2.29. The summed E-state index contributed by atoms with van der Waals surface area (Å²) in [5.41, 5.74) is 4.41. The van der Waals surface area contributed by atoms with Crippen LogP contribution in [0.1, 0.15) is 27.2 Å². The Morgan fingerprint density at radius 1 is 1.15 bits per heavy atom. The van der Waals surface area contributed by atoms with Crippen LogP contribution in [0, 0.1) is 6.92 Å². The molecule has 4 rings (SSSR count). The standard InChI is InChI=1S/C22H17BrN2O2/c1-14-18-12-17(23)8-9-20(18)27-21(14)22(26)25-19-7-3-2-6-16(19)11-15-5-4-10-24-13-15/h2-10,12-13H,11H2,1H3,(H,25,26). The number of nitrogens with one attached hydrogen (secondary N) is 1. The van der Waals surface area contributed by atoms with Crippen LogP contribution in [-0.2, 0) is 6.42 Å². The monoisotopic (exact) mass is 420 g/mol. The van der Waals surface area contributed by atoms with Gasteiger partial charge in [-0.1, -0.05) is 40.2 Å². The second kappa shape index (κ2) is 7.37. The van der Waals surface area contributed by atoms with Gasteiger partial charge in [0, 0.05) is 39.9 Å². The number of fused-ring (bicyclic) bond motifs is 1. The molecule has 2 heterocycles. The number of halogens is 1. The molecule has 2 aromatic heterocycles. The number of pyridine rings is 1. The number of carbonyl (C=O) groups is 1. The Bertz CT molecular complexity index is 1120. The number of para-hydroxylation sites is 1. The van der Waals surface area contributed by atoms with Crippen LogP contribution in [0.4, 0.5) is 5.69 Å². The van der Waals surface area contributed by atoms with Crippen LogP contribution in [-0.4, -0.2) is 10.9 Å². The van der Waals surface area contributed by atoms with Gasteiger partial charge in [0.1, 0.15) is 5.58 Å². The van der Waals surface area contributed by atoms with E-state index in [0.717, 1.165) is 32.2 Å². The molecule has 1 N–H and O–H groups in total. The van der Waals surface area contributed by atoms with Gasteiger partial charge in [-0.2, -0.15) is 0 Å². The van der Waals surface area contributed by atoms with Gasteiger partial charge < -0.3 is 9.73 Å². The number of aryl methyl sites for hydroxylation is 1. The molecule has 0 unspecified atom stereocenters. The fourth-order valence-corrected chi connectivity index (χ4v) is 3.47. The SMILES string of the molecule is Cc1c(C(=O)Nc2ccccc2Cc2cccnc2)oc2ccc(Br)cc12. The molecule has 0 aliphatic carbocycles. The van der Waals surface area contributed by atoms with E-state index in [9.17, 15) is 4.79 Å². The molecule has 0 spiro atoms. The maximum Gasteiger partial charge on any atom is 0.291 e. The van der Waals surface area contributed by atoms with Crippen molar-refractivity contribution in [3.05, 3.63) is 93.9 Å². The minimum atomic E-state index is -0.251. The summed E-state index contributed by atoms with van der Waals surface area (Å²) in [5.74, 6) is 0.0812. The number of aromatic nitrogens is 1. The molecular formula is C22H17BrN2O2. The second-order valence-corrected chi connectivity index (χ2v) is 7.26. The minimum Gasteiger partial charge on any atom is -0.451 e. The highest BCUT2D eigenvalue weighted by Gasteiger charge is 2.19. The first-order valence-electron chi connectivity index (χ1n) is 8.58. The van der Waals surface area contributed by atoms with Gasteiger partial charge in [-0.3, -0.25) is 9.78 Å². The van der Waals surface area contributed by atoms with Crippen LogP contribution in [0.15, 0.2) is 75.9 Å². The maximum atomic E-state index is 12.9. The number of benzene rings is 2. The summed E-state index contributed by atoms with van der Waals surface area (Å²) in [6, 6.07) is 17.4. The van der Waals surface area contributed by atoms with Gasteiger partial charge in [0.25, 0.3) is 5.91 Å². The van der Waals surface area contributed by atoms with Gasteiger partial charge in [0.15, 0.2) is 5.76 Å². The molecule has 1 amide bonds. The Morgan fingerprint density at radius 2 is 2.00 bits per heavy atom. The molecule has 2 aromatic carbocycles. The molecule has 0 fully saturated rings. The first kappa shape index (κ1) is 17.5. The quantitative estimate of drug-likeness (QED) is 0.457. The predicted molar refractivity (Wildman–Crippen MR) is 110 cm³/mol. The van der Waals surface area contributed by atoms with Crippen molar-refractivity contribution in [1.29, 1.82) is 0 Å². The lowest BCUT2D eigenvalue weighted by molar-refractivity contribution is 0.0998. The third-order valence-corrected chi connectivity index (χ3v) is 4.98. The number of hydrogen-bond donors (Lipinski definition) is 1. The van der Waals surface area contributed by atoms with E-state index < -0.39 is 0 Å². The Labute approximate surface area is 165 Å². The predicted octanol–water partition coefficient (Wildman–Crippen LogP) is 5.74. The van der Waals surface area contributed by atoms with Crippen LogP contribution < -0.4 is 5.32 Å². The molecule has 0 aliphatic rings. The summed E-state index contributed by atoms with van der Waals surface area (Å²) >= 11 is 3.46. The average molecular weight is 421 g/mol. The van der Waals surface area contributed by atoms with Crippen LogP contribution in [0.3, 0.4) is 0 Å². The number of rotatable bonds is 4. The van der Waals surface area contributed by atoms with Crippen molar-refractivity contribution in [2.24, 2.45) is 0 Å². The number of hydrogen-bond acceptors (Lipinski definition) is 3. The summed E-state index contributed by atoms with van der Waals surface area (Å²) in [6.45, 7) is 1.90. The first-order chi connectivity index (χ1) is 13.1. The Hall–Kier alpha value is -2.92. The van der Waals surface area contributed by atoms with Crippen LogP contribution in [0.2, 0.25) is 0 Å². The number of amides is 1. The Morgan fingerprint density at radius 3 is 2.81 bits per heavy atom. The molecule has 134 valence electrons. The average Bonchev–Trinajstić information content (AvgIpc) is 3.00. The lowest BCUT2D eigenvalue weighted by Gasteiger charge is -2.10. The molecule has 0 saturated heterocycles. The van der Waals surface area contributed by atoms with E-state index in [0.29, 0.717) is 17.8 Å². The second-order valence-electron chi connectivity index (χ2n) is 6.35. The highest BCUT2D eigenvalue weighted by molar-refractivity contribution is 9.10. The van der Waals surface area contributed by atoms with Crippen molar-refractivity contribution in [2.45, 2.75) is 13.3 Å². The van der Waals surface area contributed by atoms with Gasteiger partial charge in [-0.05, 0) is 48.4 Å². The van der Waals surface area contributed by atoms with E-state index in [4.69, 9.17) is 4.42 Å². The zero-order valence-electron chi connectivity index (χ0n) is 14.7. The van der Waals surface area contributed by atoms with E-state index >= 15 is 0 Å². The fourth-order valence-electron chi connectivity index (χ4n) is 3.11. The van der Waals surface area contributed by atoms with Gasteiger partial charge in [-0.15, -0.1) is 0 Å². The molecule has 0 bridgehead atoms. The van der Waals surface area contributed by atoms with Crippen molar-refractivity contribution < 1.29 is 9.21 Å². The maximum absolute atomic E-state index is 12.9. The van der Waals surface area contributed by atoms with Crippen molar-refractivity contribution >= 4 is 38.5 Å². The van der Waals surface area contributed by atoms with E-state index in [1.165, 1.54) is 0 Å². The molecule has 0 aliphatic heterocycles. The van der Waals surface area contributed by atoms with Crippen molar-refractivity contribution in [2.75, 3.05) is 5.32 Å². The summed E-state index contributed by atoms with van der Waals surface area (Å²) in [7, 11) is 0. The molecule has 4 nitrogen and oxygen atoms in total. The normalized spacial score (nSPS) is 10.9. The van der Waals surface area contributed by atoms with Crippen LogP contribution in [0.25, 0.3) is 11.0 Å². The minimum absolute atomic E-state index is 0.251. The van der Waals surface area contributed by atoms with Crippen molar-refractivity contribution in [3.8, 4) is 0 Å². The van der Waals surface area contributed by atoms with E-state index in [1.54, 1.807) is 6.20 Å². The first-order valence-corrected chi connectivity index (χ1v) is 9.38. The molecule has 4 aromatic rings. The number of anilines is 1. The van der Waals surface area contributed by atoms with Crippen LogP contribution in [0.5, 0.6) is 0 Å². The van der Waals surface area contributed by atoms with Gasteiger partial charge in [-0.25, -0.2) is 0 Å². The molecule has 0 atom stereocenters. The zero-order valence-corrected chi connectivity index (χ0v) is 16.3. The fraction of sp³-hybridized carbons (Fsp3) is 0.0909. The topological polar surface area (TPSA) is 55.1 Å². The molecule has 0 radical (unpaired) electrons. The number of nitrogens with zero attached hydrogens (tertiary/aromatic N) is 1. The smallest absolute Gasteiger partial charge is 0.291 e. The largest absolute Gasteiger partial charge is 0.451 e. The molecule has 27 heavy (non-hydrogen) atoms. The summed E-state index contributed by atoms with van der Waals surface area (Å²) < 4.78 is 6.75. The van der Waals surface area contributed by atoms with Crippen LogP contribution >= 0.6 is 15.9 Å². The van der Waals surface area contributed by atoms with E-state index in [1.807, 2.05) is 67.7 Å². The van der Waals surface area contributed by atoms with Gasteiger partial charge in [0.2, 0.25) is 0 Å². The Kier molecular flexibility index (Phi) is 4.77. The Balaban J connectivity index is 1.63. The lowest BCUT2D eigenvalue weighted by atomic mass is 10.0. The van der Waals surface area contributed by atoms with Gasteiger partial charge >= 0.3 is 0 Å². The third kappa shape index (κ3) is 3.64. The van der Waals surface area contributed by atoms with E-state index in [-0.39, 0.29) is 5.91 Å². The number of carbonyl (C=O) groups excluding carboxylic acids is 1. The summed E-state index contributed by atoms with van der Waals surface area (Å²) in [6.07, 6.45) is 4.27.